The highest BCUT2D eigenvalue weighted by Gasteiger charge is 2.55. The van der Waals surface area contributed by atoms with Crippen molar-refractivity contribution in [2.24, 2.45) is 5.41 Å². The van der Waals surface area contributed by atoms with Crippen LogP contribution in [0.25, 0.3) is 0 Å². The zero-order chi connectivity index (χ0) is 11.2. The van der Waals surface area contributed by atoms with Gasteiger partial charge in [0, 0.05) is 19.3 Å². The van der Waals surface area contributed by atoms with E-state index in [9.17, 15) is 9.59 Å². The second-order valence-electron chi connectivity index (χ2n) is 4.97. The lowest BCUT2D eigenvalue weighted by Crippen LogP contribution is -2.45. The van der Waals surface area contributed by atoms with Crippen LogP contribution in [0.4, 0.5) is 0 Å². The highest BCUT2D eigenvalue weighted by molar-refractivity contribution is 6.05. The van der Waals surface area contributed by atoms with E-state index in [2.05, 4.69) is 5.32 Å². The Morgan fingerprint density at radius 2 is 1.88 bits per heavy atom. The average molecular weight is 225 g/mol. The Labute approximate surface area is 93.5 Å². The predicted molar refractivity (Wildman–Crippen MR) is 53.3 cm³/mol. The third-order valence-electron chi connectivity index (χ3n) is 3.87. The third-order valence-corrected chi connectivity index (χ3v) is 3.87. The van der Waals surface area contributed by atoms with Crippen LogP contribution in [-0.2, 0) is 19.1 Å². The summed E-state index contributed by atoms with van der Waals surface area (Å²) in [6, 6.07) is 0. The van der Waals surface area contributed by atoms with Crippen LogP contribution in [0.1, 0.15) is 32.1 Å². The number of nitrogens with one attached hydrogen (secondary N) is 1. The molecule has 5 nitrogen and oxygen atoms in total. The molecule has 16 heavy (non-hydrogen) atoms. The summed E-state index contributed by atoms with van der Waals surface area (Å²) in [7, 11) is 0. The number of ether oxygens (including phenoxy) is 2. The Balaban J connectivity index is 1.86. The Morgan fingerprint density at radius 1 is 1.12 bits per heavy atom. The van der Waals surface area contributed by atoms with E-state index in [1.807, 2.05) is 0 Å². The van der Waals surface area contributed by atoms with Gasteiger partial charge in [0.15, 0.2) is 5.79 Å². The Bertz CT molecular complexity index is 348. The first-order valence-corrected chi connectivity index (χ1v) is 5.77. The molecule has 0 aromatic rings. The van der Waals surface area contributed by atoms with E-state index in [1.54, 1.807) is 0 Å². The van der Waals surface area contributed by atoms with Crippen LogP contribution in [0.3, 0.4) is 0 Å². The van der Waals surface area contributed by atoms with Gasteiger partial charge in [-0.2, -0.15) is 0 Å². The molecule has 2 saturated heterocycles. The van der Waals surface area contributed by atoms with Gasteiger partial charge >= 0.3 is 0 Å². The van der Waals surface area contributed by atoms with Crippen molar-refractivity contribution < 1.29 is 19.1 Å². The molecule has 5 heteroatoms. The number of carbonyl (C=O) groups is 2. The highest BCUT2D eigenvalue weighted by Crippen LogP contribution is 2.49. The fourth-order valence-electron chi connectivity index (χ4n) is 3.17. The monoisotopic (exact) mass is 225 g/mol. The highest BCUT2D eigenvalue weighted by atomic mass is 16.7. The molecule has 0 bridgehead atoms. The summed E-state index contributed by atoms with van der Waals surface area (Å²) >= 11 is 0. The third kappa shape index (κ3) is 1.38. The lowest BCUT2D eigenvalue weighted by Gasteiger charge is -2.40. The number of hydrogen-bond acceptors (Lipinski definition) is 4. The van der Waals surface area contributed by atoms with Gasteiger partial charge in [-0.05, 0) is 12.8 Å². The van der Waals surface area contributed by atoms with E-state index in [1.165, 1.54) is 0 Å². The maximum atomic E-state index is 11.9. The number of hydrogen-bond donors (Lipinski definition) is 1. The van der Waals surface area contributed by atoms with Crippen LogP contribution in [0.2, 0.25) is 0 Å². The van der Waals surface area contributed by atoms with Gasteiger partial charge in [0.25, 0.3) is 0 Å². The van der Waals surface area contributed by atoms with Gasteiger partial charge in [-0.3, -0.25) is 14.9 Å². The van der Waals surface area contributed by atoms with Gasteiger partial charge in [0.2, 0.25) is 11.8 Å². The molecule has 2 aliphatic heterocycles. The van der Waals surface area contributed by atoms with E-state index < -0.39 is 11.2 Å². The van der Waals surface area contributed by atoms with E-state index in [0.717, 1.165) is 19.3 Å². The molecule has 1 saturated carbocycles. The minimum atomic E-state index is -0.597. The molecule has 88 valence electrons. The van der Waals surface area contributed by atoms with E-state index in [0.29, 0.717) is 26.1 Å². The first kappa shape index (κ1) is 10.2. The topological polar surface area (TPSA) is 64.6 Å². The summed E-state index contributed by atoms with van der Waals surface area (Å²) < 4.78 is 11.3. The quantitative estimate of drug-likeness (QED) is 0.604. The molecular formula is C11H15NO4. The second-order valence-corrected chi connectivity index (χ2v) is 4.97. The molecule has 3 aliphatic rings. The molecule has 2 heterocycles. The summed E-state index contributed by atoms with van der Waals surface area (Å²) in [6.45, 7) is 1.18. The molecular weight excluding hydrogens is 210 g/mol. The Hall–Kier alpha value is -0.940. The summed E-state index contributed by atoms with van der Waals surface area (Å²) in [4.78, 5) is 23.2. The molecule has 3 fully saturated rings. The van der Waals surface area contributed by atoms with Crippen molar-refractivity contribution in [1.29, 1.82) is 0 Å². The number of amides is 2. The summed E-state index contributed by atoms with van der Waals surface area (Å²) in [5.41, 5.74) is -0.570. The molecule has 0 aromatic carbocycles. The van der Waals surface area contributed by atoms with E-state index in [4.69, 9.17) is 9.47 Å². The number of imide groups is 1. The van der Waals surface area contributed by atoms with Crippen molar-refractivity contribution in [2.45, 2.75) is 37.9 Å². The van der Waals surface area contributed by atoms with Crippen LogP contribution in [0, 0.1) is 5.41 Å². The van der Waals surface area contributed by atoms with Crippen molar-refractivity contribution in [3.8, 4) is 0 Å². The summed E-state index contributed by atoms with van der Waals surface area (Å²) in [5, 5.41) is 2.39. The van der Waals surface area contributed by atoms with Gasteiger partial charge in [-0.25, -0.2) is 0 Å². The molecule has 1 N–H and O–H groups in total. The molecule has 0 radical (unpaired) electrons. The lowest BCUT2D eigenvalue weighted by molar-refractivity contribution is -0.201. The Morgan fingerprint density at radius 3 is 2.50 bits per heavy atom. The van der Waals surface area contributed by atoms with Crippen molar-refractivity contribution in [1.82, 2.24) is 5.32 Å². The summed E-state index contributed by atoms with van der Waals surface area (Å²) in [5.74, 6) is -0.907. The molecule has 3 rings (SSSR count). The molecule has 1 aliphatic carbocycles. The van der Waals surface area contributed by atoms with Gasteiger partial charge in [0.1, 0.15) is 0 Å². The van der Waals surface area contributed by atoms with Gasteiger partial charge in [-0.15, -0.1) is 0 Å². The zero-order valence-corrected chi connectivity index (χ0v) is 9.08. The van der Waals surface area contributed by atoms with Crippen LogP contribution in [0.15, 0.2) is 0 Å². The van der Waals surface area contributed by atoms with Gasteiger partial charge in [-0.1, -0.05) is 0 Å². The number of rotatable bonds is 0. The normalized spacial score (nSPS) is 37.2. The molecule has 1 unspecified atom stereocenters. The standard InChI is InChI=1S/C11H15NO4/c13-8-6-10(9(14)12-8)2-1-3-11(7-10)15-4-5-16-11/h1-7H2,(H,12,13,14). The maximum Gasteiger partial charge on any atom is 0.233 e. The smallest absolute Gasteiger partial charge is 0.233 e. The largest absolute Gasteiger partial charge is 0.347 e. The second kappa shape index (κ2) is 3.28. The van der Waals surface area contributed by atoms with Crippen LogP contribution in [0.5, 0.6) is 0 Å². The van der Waals surface area contributed by atoms with Crippen molar-refractivity contribution in [3.05, 3.63) is 0 Å². The molecule has 1 atom stereocenters. The van der Waals surface area contributed by atoms with Crippen LogP contribution in [-0.4, -0.2) is 30.8 Å². The molecule has 2 amide bonds. The minimum absolute atomic E-state index is 0.143. The van der Waals surface area contributed by atoms with Crippen molar-refractivity contribution in [2.75, 3.05) is 13.2 Å². The van der Waals surface area contributed by atoms with E-state index >= 15 is 0 Å². The molecule has 0 aromatic heterocycles. The maximum absolute atomic E-state index is 11.9. The zero-order valence-electron chi connectivity index (χ0n) is 9.08. The predicted octanol–water partition coefficient (Wildman–Crippen LogP) is 0.336. The first-order chi connectivity index (χ1) is 7.64. The van der Waals surface area contributed by atoms with Gasteiger partial charge < -0.3 is 9.47 Å². The minimum Gasteiger partial charge on any atom is -0.347 e. The van der Waals surface area contributed by atoms with Crippen molar-refractivity contribution in [3.63, 3.8) is 0 Å². The fraction of sp³-hybridized carbons (Fsp3) is 0.818. The van der Waals surface area contributed by atoms with Crippen LogP contribution < -0.4 is 5.32 Å². The molecule has 2 spiro atoms. The van der Waals surface area contributed by atoms with Crippen LogP contribution >= 0.6 is 0 Å². The fourth-order valence-corrected chi connectivity index (χ4v) is 3.17. The first-order valence-electron chi connectivity index (χ1n) is 5.77. The van der Waals surface area contributed by atoms with Crippen molar-refractivity contribution >= 4 is 11.8 Å². The summed E-state index contributed by atoms with van der Waals surface area (Å²) in [6.07, 6.45) is 3.29. The SMILES string of the molecule is O=C1CC2(CCCC3(C2)OCCO3)C(=O)N1. The van der Waals surface area contributed by atoms with E-state index in [-0.39, 0.29) is 11.8 Å². The average Bonchev–Trinajstić information content (AvgIpc) is 2.75. The van der Waals surface area contributed by atoms with Gasteiger partial charge in [0.05, 0.1) is 18.6 Å². The number of carbonyl (C=O) groups excluding carboxylic acids is 2. The Kier molecular flexibility index (Phi) is 2.09. The lowest BCUT2D eigenvalue weighted by atomic mass is 9.70.